The van der Waals surface area contributed by atoms with Crippen molar-refractivity contribution in [2.45, 2.75) is 41.0 Å². The Labute approximate surface area is 134 Å². The van der Waals surface area contributed by atoms with Crippen molar-refractivity contribution in [3.63, 3.8) is 0 Å². The lowest BCUT2D eigenvalue weighted by Crippen LogP contribution is -1.91. The van der Waals surface area contributed by atoms with Crippen LogP contribution in [0, 0.1) is 12.8 Å². The van der Waals surface area contributed by atoms with E-state index in [-0.39, 0.29) is 0 Å². The fourth-order valence-electron chi connectivity index (χ4n) is 2.81. The first kappa shape index (κ1) is 16.4. The minimum Gasteiger partial charge on any atom is -0.361 e. The van der Waals surface area contributed by atoms with E-state index < -0.39 is 0 Å². The second-order valence-corrected chi connectivity index (χ2v) is 6.29. The predicted octanol–water partition coefficient (Wildman–Crippen LogP) is 6.17. The highest BCUT2D eigenvalue weighted by atomic mass is 14.7. The van der Waals surface area contributed by atoms with Crippen LogP contribution in [0.3, 0.4) is 0 Å². The highest BCUT2D eigenvalue weighted by Gasteiger charge is 2.08. The molecule has 0 amide bonds. The van der Waals surface area contributed by atoms with Crippen LogP contribution in [-0.2, 0) is 6.42 Å². The molecule has 1 aromatic heterocycles. The van der Waals surface area contributed by atoms with Crippen molar-refractivity contribution >= 4 is 5.57 Å². The molecule has 1 heterocycles. The zero-order chi connectivity index (χ0) is 16.1. The van der Waals surface area contributed by atoms with Gasteiger partial charge in [0.15, 0.2) is 0 Å². The monoisotopic (exact) mass is 293 g/mol. The Kier molecular flexibility index (Phi) is 5.43. The zero-order valence-electron chi connectivity index (χ0n) is 14.4. The first-order valence-corrected chi connectivity index (χ1v) is 8.12. The summed E-state index contributed by atoms with van der Waals surface area (Å²) in [6.07, 6.45) is 9.67. The molecule has 0 aliphatic heterocycles. The molecule has 1 heteroatoms. The normalized spacial score (nSPS) is 12.5. The summed E-state index contributed by atoms with van der Waals surface area (Å²) in [6.45, 7) is 10.8. The van der Waals surface area contributed by atoms with Gasteiger partial charge in [-0.2, -0.15) is 0 Å². The number of H-pyrrole nitrogens is 1. The van der Waals surface area contributed by atoms with Crippen LogP contribution in [0.5, 0.6) is 0 Å². The lowest BCUT2D eigenvalue weighted by molar-refractivity contribution is 0.648. The van der Waals surface area contributed by atoms with Gasteiger partial charge in [0.1, 0.15) is 0 Å². The second kappa shape index (κ2) is 7.31. The van der Waals surface area contributed by atoms with Gasteiger partial charge >= 0.3 is 0 Å². The van der Waals surface area contributed by atoms with Crippen LogP contribution in [0.15, 0.2) is 48.7 Å². The number of nitrogens with one attached hydrogen (secondary N) is 1. The van der Waals surface area contributed by atoms with Gasteiger partial charge in [0.05, 0.1) is 0 Å². The average molecular weight is 293 g/mol. The lowest BCUT2D eigenvalue weighted by Gasteiger charge is -2.09. The molecule has 0 radical (unpaired) electrons. The maximum absolute atomic E-state index is 3.45. The van der Waals surface area contributed by atoms with E-state index in [1.54, 1.807) is 0 Å². The summed E-state index contributed by atoms with van der Waals surface area (Å²) >= 11 is 0. The number of aryl methyl sites for hydroxylation is 1. The molecular formula is C21H27N. The standard InChI is InChI=1S/C21H27N/c1-6-8-18(7-2)19-10-9-16(5)20(13-19)21-12-17(14-22-21)11-15(3)4/h6-10,12-15,22H,11H2,1-5H3/b8-6-,18-7+. The molecule has 0 spiro atoms. The molecule has 0 aliphatic carbocycles. The Morgan fingerprint density at radius 1 is 1.18 bits per heavy atom. The van der Waals surface area contributed by atoms with E-state index in [1.807, 2.05) is 0 Å². The van der Waals surface area contributed by atoms with Gasteiger partial charge in [-0.25, -0.2) is 0 Å². The molecule has 1 aromatic carbocycles. The minimum atomic E-state index is 0.681. The quantitative estimate of drug-likeness (QED) is 0.635. The third-order valence-electron chi connectivity index (χ3n) is 3.91. The highest BCUT2D eigenvalue weighted by molar-refractivity contribution is 5.78. The number of allylic oxidation sites excluding steroid dienone is 4. The van der Waals surface area contributed by atoms with Crippen molar-refractivity contribution in [1.82, 2.24) is 4.98 Å². The van der Waals surface area contributed by atoms with Crippen LogP contribution < -0.4 is 0 Å². The molecule has 1 N–H and O–H groups in total. The van der Waals surface area contributed by atoms with E-state index in [2.05, 4.69) is 88.3 Å². The van der Waals surface area contributed by atoms with Gasteiger partial charge in [-0.3, -0.25) is 0 Å². The summed E-state index contributed by atoms with van der Waals surface area (Å²) in [5.41, 5.74) is 7.72. The smallest absolute Gasteiger partial charge is 0.0459 e. The van der Waals surface area contributed by atoms with E-state index in [0.717, 1.165) is 6.42 Å². The van der Waals surface area contributed by atoms with Gasteiger partial charge in [-0.1, -0.05) is 44.2 Å². The van der Waals surface area contributed by atoms with E-state index in [0.29, 0.717) is 5.92 Å². The largest absolute Gasteiger partial charge is 0.361 e. The number of aromatic amines is 1. The van der Waals surface area contributed by atoms with Crippen LogP contribution in [0.2, 0.25) is 0 Å². The Hall–Kier alpha value is -2.02. The van der Waals surface area contributed by atoms with Crippen LogP contribution in [-0.4, -0.2) is 4.98 Å². The number of aromatic nitrogens is 1. The Morgan fingerprint density at radius 3 is 2.59 bits per heavy atom. The van der Waals surface area contributed by atoms with Crippen molar-refractivity contribution in [3.8, 4) is 11.3 Å². The van der Waals surface area contributed by atoms with Crippen molar-refractivity contribution in [2.24, 2.45) is 5.92 Å². The summed E-state index contributed by atoms with van der Waals surface area (Å²) in [5, 5.41) is 0. The van der Waals surface area contributed by atoms with E-state index >= 15 is 0 Å². The van der Waals surface area contributed by atoms with Crippen LogP contribution in [0.25, 0.3) is 16.8 Å². The second-order valence-electron chi connectivity index (χ2n) is 6.29. The fourth-order valence-corrected chi connectivity index (χ4v) is 2.81. The molecule has 2 rings (SSSR count). The van der Waals surface area contributed by atoms with Gasteiger partial charge in [-0.05, 0) is 67.5 Å². The topological polar surface area (TPSA) is 15.8 Å². The molecular weight excluding hydrogens is 266 g/mol. The number of benzene rings is 1. The highest BCUT2D eigenvalue weighted by Crippen LogP contribution is 2.28. The van der Waals surface area contributed by atoms with Crippen molar-refractivity contribution in [2.75, 3.05) is 0 Å². The van der Waals surface area contributed by atoms with Crippen molar-refractivity contribution < 1.29 is 0 Å². The Balaban J connectivity index is 2.40. The molecule has 0 bridgehead atoms. The first-order chi connectivity index (χ1) is 10.5. The maximum atomic E-state index is 3.45. The van der Waals surface area contributed by atoms with Gasteiger partial charge in [0.2, 0.25) is 0 Å². The van der Waals surface area contributed by atoms with E-state index in [9.17, 15) is 0 Å². The Morgan fingerprint density at radius 2 is 1.95 bits per heavy atom. The SMILES string of the molecule is C/C=C\C(=C/C)c1ccc(C)c(-c2cc(CC(C)C)c[nH]2)c1. The van der Waals surface area contributed by atoms with Crippen LogP contribution in [0.1, 0.15) is 44.4 Å². The number of rotatable bonds is 5. The third kappa shape index (κ3) is 3.79. The fraction of sp³-hybridized carbons (Fsp3) is 0.333. The summed E-state index contributed by atoms with van der Waals surface area (Å²) < 4.78 is 0. The Bertz CT molecular complexity index is 684. The van der Waals surface area contributed by atoms with Gasteiger partial charge in [0, 0.05) is 17.5 Å². The molecule has 22 heavy (non-hydrogen) atoms. The number of hydrogen-bond acceptors (Lipinski definition) is 0. The van der Waals surface area contributed by atoms with Crippen molar-refractivity contribution in [3.05, 3.63) is 65.4 Å². The van der Waals surface area contributed by atoms with Crippen LogP contribution >= 0.6 is 0 Å². The molecule has 116 valence electrons. The molecule has 0 saturated heterocycles. The molecule has 0 unspecified atom stereocenters. The molecule has 1 nitrogen and oxygen atoms in total. The van der Waals surface area contributed by atoms with E-state index in [4.69, 9.17) is 0 Å². The van der Waals surface area contributed by atoms with Gasteiger partial charge in [-0.15, -0.1) is 0 Å². The van der Waals surface area contributed by atoms with E-state index in [1.165, 1.54) is 33.5 Å². The van der Waals surface area contributed by atoms with Gasteiger partial charge in [0.25, 0.3) is 0 Å². The lowest BCUT2D eigenvalue weighted by atomic mass is 9.97. The van der Waals surface area contributed by atoms with Crippen molar-refractivity contribution in [1.29, 1.82) is 0 Å². The van der Waals surface area contributed by atoms with Gasteiger partial charge < -0.3 is 4.98 Å². The number of hydrogen-bond donors (Lipinski definition) is 1. The minimum absolute atomic E-state index is 0.681. The molecule has 0 saturated carbocycles. The third-order valence-corrected chi connectivity index (χ3v) is 3.91. The summed E-state index contributed by atoms with van der Waals surface area (Å²) in [5.74, 6) is 0.681. The molecule has 0 atom stereocenters. The molecule has 0 aliphatic rings. The van der Waals surface area contributed by atoms with Crippen LogP contribution in [0.4, 0.5) is 0 Å². The summed E-state index contributed by atoms with van der Waals surface area (Å²) in [6, 6.07) is 8.99. The zero-order valence-corrected chi connectivity index (χ0v) is 14.4. The maximum Gasteiger partial charge on any atom is 0.0459 e. The molecule has 0 fully saturated rings. The molecule has 2 aromatic rings. The predicted molar refractivity (Wildman–Crippen MR) is 98.0 cm³/mol. The average Bonchev–Trinajstić information content (AvgIpc) is 2.93. The summed E-state index contributed by atoms with van der Waals surface area (Å²) in [4.78, 5) is 3.45. The summed E-state index contributed by atoms with van der Waals surface area (Å²) in [7, 11) is 0. The first-order valence-electron chi connectivity index (χ1n) is 8.12.